The highest BCUT2D eigenvalue weighted by atomic mass is 32.1. The molecule has 1 aromatic carbocycles. The lowest BCUT2D eigenvalue weighted by molar-refractivity contribution is 0.0736. The first kappa shape index (κ1) is 16.0. The zero-order valence-corrected chi connectivity index (χ0v) is 15.0. The predicted molar refractivity (Wildman–Crippen MR) is 102 cm³/mol. The number of aromatic nitrogens is 1. The molecule has 3 aromatic rings. The summed E-state index contributed by atoms with van der Waals surface area (Å²) in [5, 5.41) is 2.08. The molecule has 2 aromatic heterocycles. The van der Waals surface area contributed by atoms with Crippen LogP contribution >= 0.6 is 11.3 Å². The van der Waals surface area contributed by atoms with Crippen molar-refractivity contribution < 1.29 is 4.79 Å². The van der Waals surface area contributed by atoms with Gasteiger partial charge in [-0.15, -0.1) is 11.3 Å². The van der Waals surface area contributed by atoms with Crippen molar-refractivity contribution in [1.29, 1.82) is 0 Å². The predicted octanol–water partition coefficient (Wildman–Crippen LogP) is 5.10. The number of amides is 1. The average molecular weight is 348 g/mol. The monoisotopic (exact) mass is 348 g/mol. The summed E-state index contributed by atoms with van der Waals surface area (Å²) < 4.78 is 0. The van der Waals surface area contributed by atoms with Crippen LogP contribution in [0.2, 0.25) is 0 Å². The Kier molecular flexibility index (Phi) is 4.36. The number of nitrogens with zero attached hydrogens (tertiary/aromatic N) is 2. The summed E-state index contributed by atoms with van der Waals surface area (Å²) >= 11 is 1.73. The molecule has 0 aliphatic carbocycles. The normalized spacial score (nSPS) is 17.0. The molecule has 1 unspecified atom stereocenters. The smallest absolute Gasteiger partial charge is 0.256 e. The molecule has 25 heavy (non-hydrogen) atoms. The molecule has 0 bridgehead atoms. The molecule has 3 heterocycles. The van der Waals surface area contributed by atoms with E-state index in [0.29, 0.717) is 5.56 Å². The van der Waals surface area contributed by atoms with E-state index in [0.717, 1.165) is 36.3 Å². The number of likely N-dealkylation sites (tertiary alicyclic amines) is 1. The molecule has 1 saturated heterocycles. The second-order valence-corrected chi connectivity index (χ2v) is 7.35. The van der Waals surface area contributed by atoms with Crippen LogP contribution < -0.4 is 0 Å². The molecule has 4 rings (SSSR count). The number of rotatable bonds is 3. The van der Waals surface area contributed by atoms with E-state index in [1.165, 1.54) is 4.88 Å². The van der Waals surface area contributed by atoms with E-state index in [4.69, 9.17) is 0 Å². The summed E-state index contributed by atoms with van der Waals surface area (Å²) in [5.74, 6) is 0.0977. The maximum Gasteiger partial charge on any atom is 0.256 e. The fraction of sp³-hybridized carbons (Fsp3) is 0.238. The maximum absolute atomic E-state index is 13.1. The molecule has 1 aliphatic heterocycles. The summed E-state index contributed by atoms with van der Waals surface area (Å²) in [7, 11) is 0. The van der Waals surface area contributed by atoms with Crippen molar-refractivity contribution >= 4 is 17.2 Å². The van der Waals surface area contributed by atoms with Gasteiger partial charge in [-0.05, 0) is 43.3 Å². The van der Waals surface area contributed by atoms with Crippen LogP contribution in [-0.2, 0) is 0 Å². The third-order valence-electron chi connectivity index (χ3n) is 4.77. The Morgan fingerprint density at radius 2 is 1.96 bits per heavy atom. The van der Waals surface area contributed by atoms with Gasteiger partial charge in [0.05, 0.1) is 23.0 Å². The molecule has 1 amide bonds. The van der Waals surface area contributed by atoms with Crippen molar-refractivity contribution in [2.24, 2.45) is 0 Å². The highest BCUT2D eigenvalue weighted by Crippen LogP contribution is 2.35. The molecule has 1 atom stereocenters. The van der Waals surface area contributed by atoms with Crippen LogP contribution in [-0.4, -0.2) is 22.3 Å². The third kappa shape index (κ3) is 3.10. The van der Waals surface area contributed by atoms with Gasteiger partial charge in [0.2, 0.25) is 0 Å². The Morgan fingerprint density at radius 3 is 2.68 bits per heavy atom. The van der Waals surface area contributed by atoms with Gasteiger partial charge in [0, 0.05) is 17.0 Å². The molecule has 0 spiro atoms. The lowest BCUT2D eigenvalue weighted by atomic mass is 10.1. The molecule has 0 saturated carbocycles. The fourth-order valence-electron chi connectivity index (χ4n) is 3.50. The molecular formula is C21H20N2OS. The highest BCUT2D eigenvalue weighted by Gasteiger charge is 2.32. The second kappa shape index (κ2) is 6.81. The van der Waals surface area contributed by atoms with Gasteiger partial charge in [0.25, 0.3) is 5.91 Å². The summed E-state index contributed by atoms with van der Waals surface area (Å²) in [4.78, 5) is 21.1. The van der Waals surface area contributed by atoms with Crippen LogP contribution in [0.15, 0.2) is 60.0 Å². The quantitative estimate of drug-likeness (QED) is 0.660. The summed E-state index contributed by atoms with van der Waals surface area (Å²) in [5.41, 5.74) is 3.49. The van der Waals surface area contributed by atoms with E-state index >= 15 is 0 Å². The summed E-state index contributed by atoms with van der Waals surface area (Å²) in [6.45, 7) is 2.75. The summed E-state index contributed by atoms with van der Waals surface area (Å²) in [6.07, 6.45) is 2.10. The minimum absolute atomic E-state index is 0.0977. The zero-order valence-electron chi connectivity index (χ0n) is 14.2. The second-order valence-electron chi connectivity index (χ2n) is 6.37. The lowest BCUT2D eigenvalue weighted by Crippen LogP contribution is -2.30. The van der Waals surface area contributed by atoms with Crippen LogP contribution in [0.1, 0.15) is 39.8 Å². The standard InChI is InChI=1S/C21H20N2OS/c1-15-17(11-12-18(22-15)16-7-3-2-4-8-16)21(24)23-13-5-9-19(23)20-10-6-14-25-20/h2-4,6-8,10-12,14,19H,5,9,13H2,1H3. The third-order valence-corrected chi connectivity index (χ3v) is 5.74. The Hall–Kier alpha value is -2.46. The minimum atomic E-state index is 0.0977. The first-order valence-corrected chi connectivity index (χ1v) is 9.49. The number of thiophene rings is 1. The number of benzene rings is 1. The molecule has 1 fully saturated rings. The molecule has 1 aliphatic rings. The van der Waals surface area contributed by atoms with Gasteiger partial charge in [-0.25, -0.2) is 0 Å². The van der Waals surface area contributed by atoms with Crippen molar-refractivity contribution in [1.82, 2.24) is 9.88 Å². The van der Waals surface area contributed by atoms with Gasteiger partial charge in [-0.2, -0.15) is 0 Å². The molecule has 3 nitrogen and oxygen atoms in total. The van der Waals surface area contributed by atoms with Gasteiger partial charge in [-0.3, -0.25) is 9.78 Å². The van der Waals surface area contributed by atoms with E-state index < -0.39 is 0 Å². The van der Waals surface area contributed by atoms with Crippen molar-refractivity contribution in [3.05, 3.63) is 76.1 Å². The number of carbonyl (C=O) groups excluding carboxylic acids is 1. The van der Waals surface area contributed by atoms with Crippen LogP contribution in [0, 0.1) is 6.92 Å². The number of pyridine rings is 1. The summed E-state index contributed by atoms with van der Waals surface area (Å²) in [6, 6.07) is 18.3. The lowest BCUT2D eigenvalue weighted by Gasteiger charge is -2.24. The first-order chi connectivity index (χ1) is 12.2. The first-order valence-electron chi connectivity index (χ1n) is 8.61. The van der Waals surface area contributed by atoms with Crippen molar-refractivity contribution in [2.75, 3.05) is 6.54 Å². The van der Waals surface area contributed by atoms with Crippen LogP contribution in [0.3, 0.4) is 0 Å². The van der Waals surface area contributed by atoms with E-state index in [2.05, 4.69) is 22.5 Å². The largest absolute Gasteiger partial charge is 0.331 e. The topological polar surface area (TPSA) is 33.2 Å². The average Bonchev–Trinajstić information content (AvgIpc) is 3.33. The number of hydrogen-bond acceptors (Lipinski definition) is 3. The van der Waals surface area contributed by atoms with Gasteiger partial charge < -0.3 is 4.90 Å². The molecule has 0 radical (unpaired) electrons. The van der Waals surface area contributed by atoms with Crippen LogP contribution in [0.5, 0.6) is 0 Å². The van der Waals surface area contributed by atoms with Crippen LogP contribution in [0.4, 0.5) is 0 Å². The van der Waals surface area contributed by atoms with Crippen molar-refractivity contribution in [2.45, 2.75) is 25.8 Å². The molecular weight excluding hydrogens is 328 g/mol. The Morgan fingerprint density at radius 1 is 1.12 bits per heavy atom. The van der Waals surface area contributed by atoms with Crippen LogP contribution in [0.25, 0.3) is 11.3 Å². The molecule has 4 heteroatoms. The SMILES string of the molecule is Cc1nc(-c2ccccc2)ccc1C(=O)N1CCCC1c1cccs1. The van der Waals surface area contributed by atoms with E-state index in [9.17, 15) is 4.79 Å². The van der Waals surface area contributed by atoms with E-state index in [1.54, 1.807) is 11.3 Å². The van der Waals surface area contributed by atoms with Gasteiger partial charge in [-0.1, -0.05) is 36.4 Å². The number of aryl methyl sites for hydroxylation is 1. The molecule has 0 N–H and O–H groups in total. The van der Waals surface area contributed by atoms with Gasteiger partial charge in [0.1, 0.15) is 0 Å². The van der Waals surface area contributed by atoms with Crippen molar-refractivity contribution in [3.8, 4) is 11.3 Å². The fourth-order valence-corrected chi connectivity index (χ4v) is 4.37. The Bertz CT molecular complexity index is 874. The van der Waals surface area contributed by atoms with Gasteiger partial charge in [0.15, 0.2) is 0 Å². The van der Waals surface area contributed by atoms with Gasteiger partial charge >= 0.3 is 0 Å². The van der Waals surface area contributed by atoms with E-state index in [-0.39, 0.29) is 11.9 Å². The zero-order chi connectivity index (χ0) is 17.2. The molecule has 126 valence electrons. The Balaban J connectivity index is 1.62. The number of hydrogen-bond donors (Lipinski definition) is 0. The minimum Gasteiger partial charge on any atom is -0.331 e. The van der Waals surface area contributed by atoms with Crippen molar-refractivity contribution in [3.63, 3.8) is 0 Å². The van der Waals surface area contributed by atoms with E-state index in [1.807, 2.05) is 54.3 Å². The Labute approximate surface area is 152 Å². The number of carbonyl (C=O) groups is 1. The highest BCUT2D eigenvalue weighted by molar-refractivity contribution is 7.10. The maximum atomic E-state index is 13.1.